The van der Waals surface area contributed by atoms with Gasteiger partial charge in [-0.25, -0.2) is 0 Å². The summed E-state index contributed by atoms with van der Waals surface area (Å²) in [5, 5.41) is 0. The zero-order valence-corrected chi connectivity index (χ0v) is 13.2. The fourth-order valence-electron chi connectivity index (χ4n) is 3.60. The zero-order chi connectivity index (χ0) is 14.5. The van der Waals surface area contributed by atoms with Crippen molar-refractivity contribution < 1.29 is 0 Å². The molecule has 0 amide bonds. The van der Waals surface area contributed by atoms with Crippen molar-refractivity contribution in [2.75, 3.05) is 0 Å². The standard InChI is InChI=1S/C18H30N2/c1-4-14-6-5-7-17(12-14)18(20-19)16-10-8-15(9-11-16)13(2)3/h8-11,13-14,17-18,20H,4-7,12,19H2,1-3H3. The smallest absolute Gasteiger partial charge is 0.0488 e. The number of rotatable bonds is 5. The highest BCUT2D eigenvalue weighted by Gasteiger charge is 2.28. The first-order chi connectivity index (χ1) is 9.65. The Balaban J connectivity index is 2.10. The molecule has 0 aliphatic heterocycles. The van der Waals surface area contributed by atoms with Gasteiger partial charge in [0.2, 0.25) is 0 Å². The molecule has 2 rings (SSSR count). The van der Waals surface area contributed by atoms with E-state index >= 15 is 0 Å². The van der Waals surface area contributed by atoms with Gasteiger partial charge in [0, 0.05) is 6.04 Å². The van der Waals surface area contributed by atoms with Gasteiger partial charge in [-0.15, -0.1) is 0 Å². The average Bonchev–Trinajstić information content (AvgIpc) is 2.49. The molecule has 1 fully saturated rings. The van der Waals surface area contributed by atoms with Crippen molar-refractivity contribution >= 4 is 0 Å². The minimum atomic E-state index is 0.311. The highest BCUT2D eigenvalue weighted by Crippen LogP contribution is 2.38. The predicted octanol–water partition coefficient (Wildman–Crippen LogP) is 4.53. The first-order valence-corrected chi connectivity index (χ1v) is 8.21. The zero-order valence-electron chi connectivity index (χ0n) is 13.2. The summed E-state index contributed by atoms with van der Waals surface area (Å²) in [4.78, 5) is 0. The van der Waals surface area contributed by atoms with Crippen molar-refractivity contribution in [3.63, 3.8) is 0 Å². The van der Waals surface area contributed by atoms with Gasteiger partial charge in [-0.2, -0.15) is 0 Å². The van der Waals surface area contributed by atoms with Crippen molar-refractivity contribution in [1.82, 2.24) is 5.43 Å². The molecule has 0 saturated heterocycles. The lowest BCUT2D eigenvalue weighted by molar-refractivity contribution is 0.210. The van der Waals surface area contributed by atoms with Crippen LogP contribution in [0.3, 0.4) is 0 Å². The maximum atomic E-state index is 5.87. The molecule has 1 aromatic carbocycles. The molecule has 2 heteroatoms. The number of hydrazine groups is 1. The minimum absolute atomic E-state index is 0.311. The molecule has 1 aromatic rings. The second-order valence-electron chi connectivity index (χ2n) is 6.67. The van der Waals surface area contributed by atoms with Crippen LogP contribution in [0.15, 0.2) is 24.3 Å². The summed E-state index contributed by atoms with van der Waals surface area (Å²) in [6, 6.07) is 9.34. The van der Waals surface area contributed by atoms with Gasteiger partial charge >= 0.3 is 0 Å². The molecule has 0 radical (unpaired) electrons. The third-order valence-electron chi connectivity index (χ3n) is 5.01. The normalized spacial score (nSPS) is 24.9. The van der Waals surface area contributed by atoms with E-state index in [1.165, 1.54) is 43.2 Å². The summed E-state index contributed by atoms with van der Waals surface area (Å²) in [6.45, 7) is 6.79. The molecule has 0 heterocycles. The van der Waals surface area contributed by atoms with E-state index in [0.29, 0.717) is 17.9 Å². The Morgan fingerprint density at radius 1 is 1.15 bits per heavy atom. The van der Waals surface area contributed by atoms with Crippen molar-refractivity contribution in [2.45, 2.75) is 64.8 Å². The Labute approximate surface area is 124 Å². The number of nitrogens with one attached hydrogen (secondary N) is 1. The summed E-state index contributed by atoms with van der Waals surface area (Å²) in [7, 11) is 0. The molecule has 0 spiro atoms. The topological polar surface area (TPSA) is 38.0 Å². The molecule has 112 valence electrons. The summed E-state index contributed by atoms with van der Waals surface area (Å²) in [5.74, 6) is 8.03. The van der Waals surface area contributed by atoms with Gasteiger partial charge in [-0.05, 0) is 41.7 Å². The van der Waals surface area contributed by atoms with E-state index < -0.39 is 0 Å². The molecule has 1 saturated carbocycles. The monoisotopic (exact) mass is 274 g/mol. The molecule has 2 nitrogen and oxygen atoms in total. The average molecular weight is 274 g/mol. The van der Waals surface area contributed by atoms with Gasteiger partial charge < -0.3 is 0 Å². The molecule has 3 unspecified atom stereocenters. The molecule has 0 bridgehead atoms. The van der Waals surface area contributed by atoms with Crippen LogP contribution < -0.4 is 11.3 Å². The van der Waals surface area contributed by atoms with Crippen LogP contribution >= 0.6 is 0 Å². The predicted molar refractivity (Wildman–Crippen MR) is 86.3 cm³/mol. The second-order valence-corrected chi connectivity index (χ2v) is 6.67. The molecular formula is C18H30N2. The lowest BCUT2D eigenvalue weighted by atomic mass is 9.75. The van der Waals surface area contributed by atoms with Crippen molar-refractivity contribution in [1.29, 1.82) is 0 Å². The van der Waals surface area contributed by atoms with Crippen molar-refractivity contribution in [3.8, 4) is 0 Å². The molecular weight excluding hydrogens is 244 g/mol. The van der Waals surface area contributed by atoms with E-state index in [2.05, 4.69) is 50.5 Å². The van der Waals surface area contributed by atoms with Crippen LogP contribution in [0.25, 0.3) is 0 Å². The summed E-state index contributed by atoms with van der Waals surface area (Å²) in [6.07, 6.45) is 6.68. The van der Waals surface area contributed by atoms with Crippen LogP contribution in [0.1, 0.15) is 76.0 Å². The van der Waals surface area contributed by atoms with Crippen LogP contribution in [-0.4, -0.2) is 0 Å². The van der Waals surface area contributed by atoms with Crippen LogP contribution in [0.2, 0.25) is 0 Å². The van der Waals surface area contributed by atoms with E-state index in [4.69, 9.17) is 5.84 Å². The van der Waals surface area contributed by atoms with Gasteiger partial charge in [0.1, 0.15) is 0 Å². The Morgan fingerprint density at radius 3 is 2.35 bits per heavy atom. The molecule has 1 aliphatic rings. The number of benzene rings is 1. The Kier molecular flexibility index (Phi) is 5.62. The van der Waals surface area contributed by atoms with Gasteiger partial charge in [-0.1, -0.05) is 64.3 Å². The summed E-state index contributed by atoms with van der Waals surface area (Å²) >= 11 is 0. The van der Waals surface area contributed by atoms with E-state index in [9.17, 15) is 0 Å². The molecule has 3 atom stereocenters. The van der Waals surface area contributed by atoms with E-state index in [1.54, 1.807) is 0 Å². The minimum Gasteiger partial charge on any atom is -0.271 e. The first-order valence-electron chi connectivity index (χ1n) is 8.21. The largest absolute Gasteiger partial charge is 0.271 e. The van der Waals surface area contributed by atoms with Crippen LogP contribution in [0.5, 0.6) is 0 Å². The van der Waals surface area contributed by atoms with Gasteiger partial charge in [0.25, 0.3) is 0 Å². The lowest BCUT2D eigenvalue weighted by Gasteiger charge is -2.34. The second kappa shape index (κ2) is 7.24. The Bertz CT molecular complexity index is 396. The van der Waals surface area contributed by atoms with Gasteiger partial charge in [0.05, 0.1) is 0 Å². The van der Waals surface area contributed by atoms with Crippen LogP contribution in [-0.2, 0) is 0 Å². The molecule has 0 aromatic heterocycles. The van der Waals surface area contributed by atoms with Gasteiger partial charge in [0.15, 0.2) is 0 Å². The van der Waals surface area contributed by atoms with E-state index in [1.807, 2.05) is 0 Å². The maximum absolute atomic E-state index is 5.87. The molecule has 3 N–H and O–H groups in total. The van der Waals surface area contributed by atoms with Gasteiger partial charge in [-0.3, -0.25) is 11.3 Å². The van der Waals surface area contributed by atoms with Crippen LogP contribution in [0, 0.1) is 11.8 Å². The SMILES string of the molecule is CCC1CCCC(C(NN)c2ccc(C(C)C)cc2)C1. The molecule has 1 aliphatic carbocycles. The number of nitrogens with two attached hydrogens (primary N) is 1. The lowest BCUT2D eigenvalue weighted by Crippen LogP contribution is -2.35. The fourth-order valence-corrected chi connectivity index (χ4v) is 3.60. The summed E-state index contributed by atoms with van der Waals surface area (Å²) in [5.41, 5.74) is 5.83. The maximum Gasteiger partial charge on any atom is 0.0488 e. The third-order valence-corrected chi connectivity index (χ3v) is 5.01. The fraction of sp³-hybridized carbons (Fsp3) is 0.667. The number of hydrogen-bond donors (Lipinski definition) is 2. The Hall–Kier alpha value is -0.860. The Morgan fingerprint density at radius 2 is 1.80 bits per heavy atom. The van der Waals surface area contributed by atoms with Crippen molar-refractivity contribution in [3.05, 3.63) is 35.4 Å². The van der Waals surface area contributed by atoms with Crippen molar-refractivity contribution in [2.24, 2.45) is 17.7 Å². The first kappa shape index (κ1) is 15.5. The highest BCUT2D eigenvalue weighted by atomic mass is 15.2. The number of hydrogen-bond acceptors (Lipinski definition) is 2. The van der Waals surface area contributed by atoms with Crippen LogP contribution in [0.4, 0.5) is 0 Å². The quantitative estimate of drug-likeness (QED) is 0.611. The third kappa shape index (κ3) is 3.62. The summed E-state index contributed by atoms with van der Waals surface area (Å²) < 4.78 is 0. The van der Waals surface area contributed by atoms with E-state index in [0.717, 1.165) is 5.92 Å². The highest BCUT2D eigenvalue weighted by molar-refractivity contribution is 5.27. The molecule has 20 heavy (non-hydrogen) atoms. The van der Waals surface area contributed by atoms with E-state index in [-0.39, 0.29) is 0 Å².